The first-order valence-corrected chi connectivity index (χ1v) is 15.3. The van der Waals surface area contributed by atoms with Crippen LogP contribution in [0.15, 0.2) is 48.0 Å². The van der Waals surface area contributed by atoms with E-state index in [1.54, 1.807) is 43.5 Å². The zero-order chi connectivity index (χ0) is 32.0. The Morgan fingerprint density at radius 1 is 1.07 bits per heavy atom. The summed E-state index contributed by atoms with van der Waals surface area (Å²) in [4.78, 5) is 29.0. The van der Waals surface area contributed by atoms with E-state index in [2.05, 4.69) is 60.1 Å². The molecule has 0 aliphatic heterocycles. The zero-order valence-corrected chi connectivity index (χ0v) is 27.0. The number of hydrogen-bond donors (Lipinski definition) is 3. The van der Waals surface area contributed by atoms with Crippen LogP contribution in [0.1, 0.15) is 78.7 Å². The summed E-state index contributed by atoms with van der Waals surface area (Å²) in [5, 5.41) is 8.73. The molecule has 0 fully saturated rings. The van der Waals surface area contributed by atoms with Gasteiger partial charge in [-0.3, -0.25) is 4.99 Å². The summed E-state index contributed by atoms with van der Waals surface area (Å²) in [5.74, 6) is 0.554. The highest BCUT2D eigenvalue weighted by Gasteiger charge is 2.15. The maximum absolute atomic E-state index is 15.1. The Labute approximate surface area is 258 Å². The summed E-state index contributed by atoms with van der Waals surface area (Å²) in [5.41, 5.74) is 2.35. The van der Waals surface area contributed by atoms with Crippen LogP contribution in [0.4, 0.5) is 26.2 Å². The molecular formula is C34H52FN5O3. The van der Waals surface area contributed by atoms with Crippen LogP contribution in [-0.2, 0) is 4.79 Å². The van der Waals surface area contributed by atoms with E-state index in [1.807, 2.05) is 7.05 Å². The van der Waals surface area contributed by atoms with Crippen LogP contribution < -0.4 is 20.7 Å². The molecule has 0 unspecified atom stereocenters. The first-order valence-electron chi connectivity index (χ1n) is 15.3. The van der Waals surface area contributed by atoms with Crippen molar-refractivity contribution in [1.29, 1.82) is 0 Å². The normalized spacial score (nSPS) is 10.8. The Bertz CT molecular complexity index is 1130. The third-order valence-corrected chi connectivity index (χ3v) is 6.39. The van der Waals surface area contributed by atoms with Crippen molar-refractivity contribution < 1.29 is 18.7 Å². The zero-order valence-electron chi connectivity index (χ0n) is 27.0. The minimum absolute atomic E-state index is 0.264. The average Bonchev–Trinajstić information content (AvgIpc) is 2.96. The van der Waals surface area contributed by atoms with Crippen molar-refractivity contribution in [3.05, 3.63) is 54.4 Å². The summed E-state index contributed by atoms with van der Waals surface area (Å²) >= 11 is 0. The van der Waals surface area contributed by atoms with Gasteiger partial charge in [-0.15, -0.1) is 0 Å². The number of aliphatic imine (C=N–C) groups is 1. The standard InChI is InChI=1S/C30H42FN5O3.C4H10/c1-6-32-28-21-26(39-19-9-10-22(2)3)20-27(31)29(28)23(4)34-24-11-13-25(14-12-24)35-30(38)33-15-17-36(5)16-7-8-18-37;1-3-4-2/h6,11-14,18,20-22,34H,4,7-10,15-17,19H2,1-3,5H3,(H2,33,35,38);3-4H2,1-2H3. The van der Waals surface area contributed by atoms with E-state index in [0.29, 0.717) is 60.5 Å². The van der Waals surface area contributed by atoms with Crippen LogP contribution in [-0.4, -0.2) is 56.7 Å². The molecule has 2 aromatic carbocycles. The maximum Gasteiger partial charge on any atom is 0.319 e. The molecule has 0 bridgehead atoms. The molecule has 0 aromatic heterocycles. The Morgan fingerprint density at radius 3 is 2.30 bits per heavy atom. The molecule has 9 heteroatoms. The molecule has 0 atom stereocenters. The molecule has 0 spiro atoms. The third-order valence-electron chi connectivity index (χ3n) is 6.39. The molecule has 0 radical (unpaired) electrons. The number of ether oxygens (including phenoxy) is 1. The van der Waals surface area contributed by atoms with Crippen molar-refractivity contribution in [2.24, 2.45) is 10.9 Å². The van der Waals surface area contributed by atoms with Gasteiger partial charge in [-0.2, -0.15) is 0 Å². The number of carbonyl (C=O) groups is 2. The molecule has 0 heterocycles. The van der Waals surface area contributed by atoms with Gasteiger partial charge in [-0.25, -0.2) is 9.18 Å². The number of anilines is 2. The van der Waals surface area contributed by atoms with Gasteiger partial charge in [0.15, 0.2) is 0 Å². The van der Waals surface area contributed by atoms with E-state index in [0.717, 1.165) is 32.1 Å². The van der Waals surface area contributed by atoms with Crippen LogP contribution in [0.2, 0.25) is 0 Å². The fourth-order valence-corrected chi connectivity index (χ4v) is 3.84. The quantitative estimate of drug-likeness (QED) is 0.0913. The number of aldehydes is 1. The van der Waals surface area contributed by atoms with E-state index >= 15 is 4.39 Å². The predicted molar refractivity (Wildman–Crippen MR) is 179 cm³/mol. The molecule has 8 nitrogen and oxygen atoms in total. The Kier molecular flexibility index (Phi) is 19.0. The number of hydrogen-bond acceptors (Lipinski definition) is 6. The molecule has 238 valence electrons. The van der Waals surface area contributed by atoms with Gasteiger partial charge < -0.3 is 30.4 Å². The number of likely N-dealkylation sites (N-methyl/N-ethyl adjacent to an activating group) is 1. The first kappa shape index (κ1) is 37.3. The van der Waals surface area contributed by atoms with Gasteiger partial charge in [0.1, 0.15) is 17.9 Å². The first-order chi connectivity index (χ1) is 20.6. The molecular weight excluding hydrogens is 545 g/mol. The van der Waals surface area contributed by atoms with Gasteiger partial charge in [0.2, 0.25) is 0 Å². The van der Waals surface area contributed by atoms with E-state index in [-0.39, 0.29) is 11.6 Å². The lowest BCUT2D eigenvalue weighted by Gasteiger charge is -2.17. The molecule has 0 saturated heterocycles. The second-order valence-corrected chi connectivity index (χ2v) is 10.7. The minimum Gasteiger partial charge on any atom is -0.493 e. The minimum atomic E-state index is -0.473. The topological polar surface area (TPSA) is 95.1 Å². The van der Waals surface area contributed by atoms with Crippen LogP contribution in [0, 0.1) is 11.7 Å². The smallest absolute Gasteiger partial charge is 0.319 e. The summed E-state index contributed by atoms with van der Waals surface area (Å²) < 4.78 is 20.9. The molecule has 2 amide bonds. The van der Waals surface area contributed by atoms with E-state index in [1.165, 1.54) is 18.9 Å². The fraction of sp³-hybridized carbons (Fsp3) is 0.500. The number of urea groups is 1. The van der Waals surface area contributed by atoms with Gasteiger partial charge in [0, 0.05) is 54.9 Å². The predicted octanol–water partition coefficient (Wildman–Crippen LogP) is 8.28. The number of amides is 2. The number of unbranched alkanes of at least 4 members (excludes halogenated alkanes) is 2. The van der Waals surface area contributed by atoms with Crippen LogP contribution in [0.25, 0.3) is 5.70 Å². The Hall–Kier alpha value is -3.72. The lowest BCUT2D eigenvalue weighted by atomic mass is 10.1. The molecule has 0 saturated carbocycles. The van der Waals surface area contributed by atoms with Crippen LogP contribution >= 0.6 is 0 Å². The van der Waals surface area contributed by atoms with E-state index in [9.17, 15) is 9.59 Å². The van der Waals surface area contributed by atoms with E-state index < -0.39 is 5.82 Å². The number of halogens is 1. The Morgan fingerprint density at radius 2 is 1.72 bits per heavy atom. The second-order valence-electron chi connectivity index (χ2n) is 10.7. The number of benzene rings is 2. The van der Waals surface area contributed by atoms with Crippen molar-refractivity contribution in [3.8, 4) is 5.75 Å². The summed E-state index contributed by atoms with van der Waals surface area (Å²) in [6.45, 7) is 17.0. The second kappa shape index (κ2) is 21.9. The van der Waals surface area contributed by atoms with Crippen molar-refractivity contribution in [2.45, 2.75) is 73.1 Å². The molecule has 3 N–H and O–H groups in total. The maximum atomic E-state index is 15.1. The van der Waals surface area contributed by atoms with Crippen molar-refractivity contribution in [3.63, 3.8) is 0 Å². The van der Waals surface area contributed by atoms with Gasteiger partial charge in [-0.1, -0.05) is 47.1 Å². The lowest BCUT2D eigenvalue weighted by molar-refractivity contribution is -0.108. The number of rotatable bonds is 18. The summed E-state index contributed by atoms with van der Waals surface area (Å²) in [6.07, 6.45) is 8.44. The lowest BCUT2D eigenvalue weighted by Crippen LogP contribution is -2.35. The number of nitrogens with one attached hydrogen (secondary N) is 3. The molecule has 0 aliphatic rings. The molecule has 43 heavy (non-hydrogen) atoms. The monoisotopic (exact) mass is 597 g/mol. The number of carbonyl (C=O) groups excluding carboxylic acids is 2. The number of nitrogens with zero attached hydrogens (tertiary/aromatic N) is 2. The van der Waals surface area contributed by atoms with Gasteiger partial charge in [0.05, 0.1) is 17.9 Å². The van der Waals surface area contributed by atoms with Gasteiger partial charge in [-0.05, 0) is 70.0 Å². The van der Waals surface area contributed by atoms with Crippen molar-refractivity contribution in [1.82, 2.24) is 10.2 Å². The summed E-state index contributed by atoms with van der Waals surface area (Å²) in [6, 6.07) is 9.81. The van der Waals surface area contributed by atoms with E-state index in [4.69, 9.17) is 4.74 Å². The highest BCUT2D eigenvalue weighted by Crippen LogP contribution is 2.33. The molecule has 0 aliphatic carbocycles. The Balaban J connectivity index is 0.00000217. The summed E-state index contributed by atoms with van der Waals surface area (Å²) in [7, 11) is 1.95. The van der Waals surface area contributed by atoms with Crippen LogP contribution in [0.5, 0.6) is 5.75 Å². The van der Waals surface area contributed by atoms with Gasteiger partial charge >= 0.3 is 6.03 Å². The largest absolute Gasteiger partial charge is 0.493 e. The van der Waals surface area contributed by atoms with Crippen molar-refractivity contribution in [2.75, 3.05) is 43.9 Å². The molecule has 2 aromatic rings. The third kappa shape index (κ3) is 15.9. The fourth-order valence-electron chi connectivity index (χ4n) is 3.84. The molecule has 2 rings (SSSR count). The van der Waals surface area contributed by atoms with Crippen LogP contribution in [0.3, 0.4) is 0 Å². The highest BCUT2D eigenvalue weighted by atomic mass is 19.1. The highest BCUT2D eigenvalue weighted by molar-refractivity contribution is 5.90. The SMILES string of the molecule is C=C(Nc1ccc(NC(=O)NCCN(C)CCCC=O)cc1)c1c(F)cc(OCCCC(C)C)cc1N=CC.CCCC. The van der Waals surface area contributed by atoms with Gasteiger partial charge in [0.25, 0.3) is 0 Å². The average molecular weight is 598 g/mol. The van der Waals surface area contributed by atoms with Crippen molar-refractivity contribution >= 4 is 41.3 Å².